The minimum absolute atomic E-state index is 0.200. The molecule has 0 saturated carbocycles. The molecule has 0 spiro atoms. The second-order valence-electron chi connectivity index (χ2n) is 4.14. The second kappa shape index (κ2) is 7.56. The highest BCUT2D eigenvalue weighted by Crippen LogP contribution is 2.39. The lowest BCUT2D eigenvalue weighted by molar-refractivity contribution is -0.173. The number of carbonyl (C=O) groups is 2. The predicted molar refractivity (Wildman–Crippen MR) is 73.8 cm³/mol. The van der Waals surface area contributed by atoms with Gasteiger partial charge >= 0.3 is 12.1 Å². The van der Waals surface area contributed by atoms with E-state index in [1.807, 2.05) is 0 Å². The van der Waals surface area contributed by atoms with Crippen molar-refractivity contribution in [3.05, 3.63) is 12.1 Å². The van der Waals surface area contributed by atoms with Crippen LogP contribution in [0.3, 0.4) is 0 Å². The molecule has 7 nitrogen and oxygen atoms in total. The first-order chi connectivity index (χ1) is 10.7. The van der Waals surface area contributed by atoms with Gasteiger partial charge in [-0.15, -0.1) is 0 Å². The third kappa shape index (κ3) is 4.94. The lowest BCUT2D eigenvalue weighted by atomic mass is 10.2. The maximum atomic E-state index is 12.0. The van der Waals surface area contributed by atoms with Crippen molar-refractivity contribution < 1.29 is 37.0 Å². The van der Waals surface area contributed by atoms with Crippen LogP contribution in [0.4, 0.5) is 18.9 Å². The molecule has 23 heavy (non-hydrogen) atoms. The van der Waals surface area contributed by atoms with Gasteiger partial charge in [0.25, 0.3) is 0 Å². The molecule has 1 rings (SSSR count). The Morgan fingerprint density at radius 1 is 1.04 bits per heavy atom. The number of rotatable bonds is 6. The van der Waals surface area contributed by atoms with Crippen LogP contribution in [0.15, 0.2) is 12.1 Å². The van der Waals surface area contributed by atoms with E-state index in [4.69, 9.17) is 14.2 Å². The van der Waals surface area contributed by atoms with Gasteiger partial charge < -0.3 is 24.8 Å². The topological polar surface area (TPSA) is 85.9 Å². The SMILES string of the molecule is COc1cc(NC(=O)CNC(=O)C(F)(F)F)cc(OC)c1OC. The molecule has 0 fully saturated rings. The fraction of sp³-hybridized carbons (Fsp3) is 0.385. The minimum Gasteiger partial charge on any atom is -0.493 e. The highest BCUT2D eigenvalue weighted by molar-refractivity contribution is 5.95. The van der Waals surface area contributed by atoms with Gasteiger partial charge in [-0.3, -0.25) is 9.59 Å². The summed E-state index contributed by atoms with van der Waals surface area (Å²) in [5.74, 6) is -2.25. The summed E-state index contributed by atoms with van der Waals surface area (Å²) in [7, 11) is 4.13. The number of hydrogen-bond acceptors (Lipinski definition) is 5. The predicted octanol–water partition coefficient (Wildman–Crippen LogP) is 1.33. The summed E-state index contributed by atoms with van der Waals surface area (Å²) in [6.45, 7) is -0.838. The van der Waals surface area contributed by atoms with Gasteiger partial charge in [0.2, 0.25) is 11.7 Å². The number of benzene rings is 1. The van der Waals surface area contributed by atoms with Crippen molar-refractivity contribution in [2.24, 2.45) is 0 Å². The zero-order valence-electron chi connectivity index (χ0n) is 12.5. The van der Waals surface area contributed by atoms with Crippen LogP contribution in [0.25, 0.3) is 0 Å². The number of alkyl halides is 3. The first-order valence-electron chi connectivity index (χ1n) is 6.17. The number of ether oxygens (including phenoxy) is 3. The van der Waals surface area contributed by atoms with E-state index in [0.717, 1.165) is 0 Å². The average Bonchev–Trinajstić information content (AvgIpc) is 2.50. The van der Waals surface area contributed by atoms with Crippen LogP contribution in [-0.2, 0) is 9.59 Å². The molecule has 0 aliphatic carbocycles. The quantitative estimate of drug-likeness (QED) is 0.819. The molecule has 0 aliphatic heterocycles. The molecular formula is C13H15F3N2O5. The Bertz CT molecular complexity index is 564. The molecule has 0 heterocycles. The first kappa shape index (κ1) is 18.4. The number of hydrogen-bond donors (Lipinski definition) is 2. The maximum absolute atomic E-state index is 12.0. The molecule has 2 N–H and O–H groups in total. The highest BCUT2D eigenvalue weighted by atomic mass is 19.4. The second-order valence-corrected chi connectivity index (χ2v) is 4.14. The number of methoxy groups -OCH3 is 3. The molecule has 0 unspecified atom stereocenters. The van der Waals surface area contributed by atoms with Gasteiger partial charge in [0.1, 0.15) is 0 Å². The summed E-state index contributed by atoms with van der Waals surface area (Å²) in [6.07, 6.45) is -5.05. The van der Waals surface area contributed by atoms with Crippen molar-refractivity contribution >= 4 is 17.5 Å². The van der Waals surface area contributed by atoms with Gasteiger partial charge in [-0.2, -0.15) is 13.2 Å². The molecule has 0 aromatic heterocycles. The van der Waals surface area contributed by atoms with Crippen molar-refractivity contribution in [3.63, 3.8) is 0 Å². The van der Waals surface area contributed by atoms with Gasteiger partial charge in [-0.05, 0) is 0 Å². The Morgan fingerprint density at radius 3 is 1.96 bits per heavy atom. The Balaban J connectivity index is 2.81. The lowest BCUT2D eigenvalue weighted by Gasteiger charge is -2.14. The lowest BCUT2D eigenvalue weighted by Crippen LogP contribution is -2.41. The third-order valence-corrected chi connectivity index (χ3v) is 2.62. The molecule has 0 atom stereocenters. The minimum atomic E-state index is -5.05. The fourth-order valence-corrected chi connectivity index (χ4v) is 1.62. The van der Waals surface area contributed by atoms with E-state index in [0.29, 0.717) is 5.75 Å². The summed E-state index contributed by atoms with van der Waals surface area (Å²) in [5.41, 5.74) is 0.200. The summed E-state index contributed by atoms with van der Waals surface area (Å²) >= 11 is 0. The number of nitrogens with one attached hydrogen (secondary N) is 2. The van der Waals surface area contributed by atoms with E-state index in [2.05, 4.69) is 5.32 Å². The Hall–Kier alpha value is -2.65. The highest BCUT2D eigenvalue weighted by Gasteiger charge is 2.38. The van der Waals surface area contributed by atoms with Gasteiger partial charge in [0.15, 0.2) is 11.5 Å². The summed E-state index contributed by atoms with van der Waals surface area (Å²) in [6, 6.07) is 2.79. The van der Waals surface area contributed by atoms with Gasteiger partial charge in [0, 0.05) is 17.8 Å². The normalized spacial score (nSPS) is 10.7. The van der Waals surface area contributed by atoms with E-state index in [-0.39, 0.29) is 17.2 Å². The maximum Gasteiger partial charge on any atom is 0.471 e. The van der Waals surface area contributed by atoms with E-state index in [9.17, 15) is 22.8 Å². The Labute approximate surface area is 129 Å². The van der Waals surface area contributed by atoms with Gasteiger partial charge in [-0.25, -0.2) is 0 Å². The van der Waals surface area contributed by atoms with Crippen LogP contribution in [-0.4, -0.2) is 45.9 Å². The molecule has 1 aromatic carbocycles. The Kier molecular flexibility index (Phi) is 6.05. The summed E-state index contributed by atoms with van der Waals surface area (Å²) in [5, 5.41) is 3.77. The van der Waals surface area contributed by atoms with Crippen molar-refractivity contribution in [1.29, 1.82) is 0 Å². The van der Waals surface area contributed by atoms with E-state index < -0.39 is 24.5 Å². The molecule has 2 amide bonds. The zero-order chi connectivity index (χ0) is 17.6. The van der Waals surface area contributed by atoms with Crippen molar-refractivity contribution in [3.8, 4) is 17.2 Å². The molecule has 1 aromatic rings. The van der Waals surface area contributed by atoms with E-state index in [1.165, 1.54) is 38.8 Å². The molecule has 0 aliphatic rings. The van der Waals surface area contributed by atoms with Crippen LogP contribution < -0.4 is 24.8 Å². The summed E-state index contributed by atoms with van der Waals surface area (Å²) in [4.78, 5) is 22.2. The third-order valence-electron chi connectivity index (χ3n) is 2.62. The van der Waals surface area contributed by atoms with E-state index in [1.54, 1.807) is 0 Å². The molecule has 0 radical (unpaired) electrons. The smallest absolute Gasteiger partial charge is 0.471 e. The average molecular weight is 336 g/mol. The molecule has 0 bridgehead atoms. The van der Waals surface area contributed by atoms with Crippen LogP contribution in [0.2, 0.25) is 0 Å². The number of halogens is 3. The van der Waals surface area contributed by atoms with Crippen molar-refractivity contribution in [2.75, 3.05) is 33.2 Å². The number of anilines is 1. The monoisotopic (exact) mass is 336 g/mol. The van der Waals surface area contributed by atoms with E-state index >= 15 is 0 Å². The van der Waals surface area contributed by atoms with Crippen LogP contribution >= 0.6 is 0 Å². The molecule has 128 valence electrons. The molecule has 10 heteroatoms. The van der Waals surface area contributed by atoms with Crippen molar-refractivity contribution in [1.82, 2.24) is 5.32 Å². The first-order valence-corrected chi connectivity index (χ1v) is 6.17. The largest absolute Gasteiger partial charge is 0.493 e. The number of amides is 2. The standard InChI is InChI=1S/C13H15F3N2O5/c1-21-8-4-7(5-9(22-2)11(8)23-3)18-10(19)6-17-12(20)13(14,15)16/h4-5H,6H2,1-3H3,(H,17,20)(H,18,19). The van der Waals surface area contributed by atoms with Crippen LogP contribution in [0, 0.1) is 0 Å². The summed E-state index contributed by atoms with van der Waals surface area (Å²) < 4.78 is 51.3. The fourth-order valence-electron chi connectivity index (χ4n) is 1.62. The van der Waals surface area contributed by atoms with Crippen LogP contribution in [0.1, 0.15) is 0 Å². The number of carbonyl (C=O) groups excluding carboxylic acids is 2. The van der Waals surface area contributed by atoms with Crippen LogP contribution in [0.5, 0.6) is 17.2 Å². The molecule has 0 saturated heterocycles. The Morgan fingerprint density at radius 2 is 1.57 bits per heavy atom. The van der Waals surface area contributed by atoms with Gasteiger partial charge in [0.05, 0.1) is 27.9 Å². The zero-order valence-corrected chi connectivity index (χ0v) is 12.5. The van der Waals surface area contributed by atoms with Gasteiger partial charge in [-0.1, -0.05) is 0 Å². The molecular weight excluding hydrogens is 321 g/mol. The van der Waals surface area contributed by atoms with Crippen molar-refractivity contribution in [2.45, 2.75) is 6.18 Å².